The average Bonchev–Trinajstić information content (AvgIpc) is 2.46. The number of hydrogen-bond acceptors (Lipinski definition) is 4. The summed E-state index contributed by atoms with van der Waals surface area (Å²) in [7, 11) is -3.46. The Bertz CT molecular complexity index is 587. The van der Waals surface area contributed by atoms with Gasteiger partial charge in [-0.05, 0) is 37.6 Å². The molecule has 1 aliphatic heterocycles. The van der Waals surface area contributed by atoms with E-state index < -0.39 is 10.0 Å². The number of hydrogen-bond donors (Lipinski definition) is 1. The molecular formula is C15H24N2O3S. The van der Waals surface area contributed by atoms with Gasteiger partial charge in [0.05, 0.1) is 18.1 Å². The van der Waals surface area contributed by atoms with E-state index in [4.69, 9.17) is 4.74 Å². The zero-order valence-corrected chi connectivity index (χ0v) is 13.7. The van der Waals surface area contributed by atoms with Gasteiger partial charge in [-0.3, -0.25) is 0 Å². The summed E-state index contributed by atoms with van der Waals surface area (Å²) >= 11 is 0. The summed E-state index contributed by atoms with van der Waals surface area (Å²) in [6.07, 6.45) is 0. The highest BCUT2D eigenvalue weighted by atomic mass is 32.2. The standard InChI is InChI=1S/C15H24N2O3S/c1-4-16-10-14-6-5-7-15(13(14)3)21(18,19)17-8-9-20-11-12(17)2/h5-7,12,16H,4,8-11H2,1-3H3. The van der Waals surface area contributed by atoms with Crippen LogP contribution in [0.1, 0.15) is 25.0 Å². The van der Waals surface area contributed by atoms with Crippen molar-refractivity contribution in [3.05, 3.63) is 29.3 Å². The van der Waals surface area contributed by atoms with E-state index in [1.54, 1.807) is 10.4 Å². The van der Waals surface area contributed by atoms with E-state index >= 15 is 0 Å². The highest BCUT2D eigenvalue weighted by molar-refractivity contribution is 7.89. The first-order chi connectivity index (χ1) is 9.98. The molecule has 1 heterocycles. The molecule has 5 nitrogen and oxygen atoms in total. The molecule has 1 aliphatic rings. The molecule has 0 amide bonds. The quantitative estimate of drug-likeness (QED) is 0.895. The molecule has 0 bridgehead atoms. The van der Waals surface area contributed by atoms with Crippen molar-refractivity contribution in [2.24, 2.45) is 0 Å². The number of nitrogens with one attached hydrogen (secondary N) is 1. The van der Waals surface area contributed by atoms with E-state index in [-0.39, 0.29) is 6.04 Å². The highest BCUT2D eigenvalue weighted by Gasteiger charge is 2.32. The Labute approximate surface area is 127 Å². The zero-order chi connectivity index (χ0) is 15.5. The van der Waals surface area contributed by atoms with Crippen LogP contribution >= 0.6 is 0 Å². The van der Waals surface area contributed by atoms with Gasteiger partial charge in [0.25, 0.3) is 0 Å². The van der Waals surface area contributed by atoms with Crippen molar-refractivity contribution in [2.45, 2.75) is 38.3 Å². The van der Waals surface area contributed by atoms with Crippen LogP contribution < -0.4 is 5.32 Å². The van der Waals surface area contributed by atoms with Crippen LogP contribution in [0.4, 0.5) is 0 Å². The molecule has 1 fully saturated rings. The second-order valence-corrected chi connectivity index (χ2v) is 7.22. The van der Waals surface area contributed by atoms with Crippen LogP contribution in [-0.2, 0) is 21.3 Å². The van der Waals surface area contributed by atoms with Crippen molar-refractivity contribution < 1.29 is 13.2 Å². The monoisotopic (exact) mass is 312 g/mol. The van der Waals surface area contributed by atoms with Gasteiger partial charge in [0.1, 0.15) is 0 Å². The molecule has 1 N–H and O–H groups in total. The summed E-state index contributed by atoms with van der Waals surface area (Å²) < 4.78 is 32.7. The van der Waals surface area contributed by atoms with Gasteiger partial charge in [0.15, 0.2) is 0 Å². The van der Waals surface area contributed by atoms with Crippen molar-refractivity contribution in [1.29, 1.82) is 0 Å². The Kier molecular flexibility index (Phi) is 5.37. The van der Waals surface area contributed by atoms with Crippen LogP contribution in [0.2, 0.25) is 0 Å². The number of rotatable bonds is 5. The first kappa shape index (κ1) is 16.4. The van der Waals surface area contributed by atoms with Crippen LogP contribution in [0.15, 0.2) is 23.1 Å². The fraction of sp³-hybridized carbons (Fsp3) is 0.600. The van der Waals surface area contributed by atoms with Crippen molar-refractivity contribution in [1.82, 2.24) is 9.62 Å². The summed E-state index contributed by atoms with van der Waals surface area (Å²) in [5, 5.41) is 3.24. The minimum atomic E-state index is -3.46. The first-order valence-electron chi connectivity index (χ1n) is 7.37. The van der Waals surface area contributed by atoms with Gasteiger partial charge in [-0.1, -0.05) is 19.1 Å². The Hall–Kier alpha value is -0.950. The van der Waals surface area contributed by atoms with Crippen molar-refractivity contribution in [2.75, 3.05) is 26.3 Å². The van der Waals surface area contributed by atoms with Crippen molar-refractivity contribution in [3.63, 3.8) is 0 Å². The van der Waals surface area contributed by atoms with E-state index in [9.17, 15) is 8.42 Å². The Morgan fingerprint density at radius 2 is 2.19 bits per heavy atom. The second kappa shape index (κ2) is 6.87. The molecule has 1 aromatic carbocycles. The van der Waals surface area contributed by atoms with Gasteiger partial charge in [-0.15, -0.1) is 0 Å². The summed E-state index contributed by atoms with van der Waals surface area (Å²) in [4.78, 5) is 0.409. The topological polar surface area (TPSA) is 58.6 Å². The number of morpholine rings is 1. The normalized spacial score (nSPS) is 20.6. The molecule has 21 heavy (non-hydrogen) atoms. The molecule has 0 spiro atoms. The summed E-state index contributed by atoms with van der Waals surface area (Å²) in [5.41, 5.74) is 1.86. The molecule has 2 rings (SSSR count). The molecule has 0 radical (unpaired) electrons. The van der Waals surface area contributed by atoms with Crippen LogP contribution in [-0.4, -0.2) is 45.1 Å². The lowest BCUT2D eigenvalue weighted by atomic mass is 10.1. The Balaban J connectivity index is 2.35. The van der Waals surface area contributed by atoms with Crippen LogP contribution in [0, 0.1) is 6.92 Å². The van der Waals surface area contributed by atoms with E-state index in [1.807, 2.05) is 32.9 Å². The van der Waals surface area contributed by atoms with Crippen LogP contribution in [0.5, 0.6) is 0 Å². The number of benzene rings is 1. The average molecular weight is 312 g/mol. The zero-order valence-electron chi connectivity index (χ0n) is 12.9. The molecule has 1 unspecified atom stereocenters. The van der Waals surface area contributed by atoms with Gasteiger partial charge in [0, 0.05) is 19.1 Å². The molecule has 1 aromatic rings. The Morgan fingerprint density at radius 3 is 2.86 bits per heavy atom. The van der Waals surface area contributed by atoms with Crippen LogP contribution in [0.3, 0.4) is 0 Å². The Morgan fingerprint density at radius 1 is 1.43 bits per heavy atom. The van der Waals surface area contributed by atoms with Gasteiger partial charge in [0.2, 0.25) is 10.0 Å². The van der Waals surface area contributed by atoms with E-state index in [0.717, 1.165) is 17.7 Å². The summed E-state index contributed by atoms with van der Waals surface area (Å²) in [6, 6.07) is 5.36. The SMILES string of the molecule is CCNCc1cccc(S(=O)(=O)N2CCOCC2C)c1C. The predicted octanol–water partition coefficient (Wildman–Crippen LogP) is 1.51. The maximum atomic E-state index is 12.9. The highest BCUT2D eigenvalue weighted by Crippen LogP contribution is 2.25. The van der Waals surface area contributed by atoms with E-state index in [1.165, 1.54) is 0 Å². The largest absolute Gasteiger partial charge is 0.378 e. The number of sulfonamides is 1. The molecule has 1 saturated heterocycles. The van der Waals surface area contributed by atoms with Gasteiger partial charge < -0.3 is 10.1 Å². The molecule has 0 aliphatic carbocycles. The van der Waals surface area contributed by atoms with Crippen molar-refractivity contribution >= 4 is 10.0 Å². The summed E-state index contributed by atoms with van der Waals surface area (Å²) in [5.74, 6) is 0. The lowest BCUT2D eigenvalue weighted by Crippen LogP contribution is -2.47. The molecule has 118 valence electrons. The third-order valence-electron chi connectivity index (χ3n) is 3.86. The van der Waals surface area contributed by atoms with Gasteiger partial charge >= 0.3 is 0 Å². The molecule has 6 heteroatoms. The minimum Gasteiger partial charge on any atom is -0.378 e. The fourth-order valence-electron chi connectivity index (χ4n) is 2.59. The molecule has 0 aromatic heterocycles. The lowest BCUT2D eigenvalue weighted by molar-refractivity contribution is 0.0392. The van der Waals surface area contributed by atoms with Gasteiger partial charge in [-0.2, -0.15) is 4.31 Å². The lowest BCUT2D eigenvalue weighted by Gasteiger charge is -2.32. The maximum Gasteiger partial charge on any atom is 0.243 e. The van der Waals surface area contributed by atoms with Crippen LogP contribution in [0.25, 0.3) is 0 Å². The maximum absolute atomic E-state index is 12.9. The first-order valence-corrected chi connectivity index (χ1v) is 8.81. The third kappa shape index (κ3) is 3.45. The van der Waals surface area contributed by atoms with E-state index in [0.29, 0.717) is 31.2 Å². The van der Waals surface area contributed by atoms with Gasteiger partial charge in [-0.25, -0.2) is 8.42 Å². The summed E-state index contributed by atoms with van der Waals surface area (Å²) in [6.45, 7) is 8.67. The fourth-order valence-corrected chi connectivity index (χ4v) is 4.46. The minimum absolute atomic E-state index is 0.124. The second-order valence-electron chi connectivity index (χ2n) is 5.36. The molecule has 1 atom stereocenters. The molecular weight excluding hydrogens is 288 g/mol. The number of ether oxygens (including phenoxy) is 1. The number of nitrogens with zero attached hydrogens (tertiary/aromatic N) is 1. The smallest absolute Gasteiger partial charge is 0.243 e. The third-order valence-corrected chi connectivity index (χ3v) is 6.01. The molecule has 0 saturated carbocycles. The predicted molar refractivity (Wildman–Crippen MR) is 82.7 cm³/mol. The van der Waals surface area contributed by atoms with E-state index in [2.05, 4.69) is 5.32 Å². The van der Waals surface area contributed by atoms with Crippen molar-refractivity contribution in [3.8, 4) is 0 Å².